The quantitative estimate of drug-likeness (QED) is 0.0855. The highest BCUT2D eigenvalue weighted by Crippen LogP contribution is 2.09. The van der Waals surface area contributed by atoms with Crippen LogP contribution in [0.15, 0.2) is 60.7 Å². The molecule has 0 unspecified atom stereocenters. The summed E-state index contributed by atoms with van der Waals surface area (Å²) in [5.74, 6) is -5.83. The molecule has 0 aromatic heterocycles. The average Bonchev–Trinajstić information content (AvgIpc) is 3.00. The number of primary amides is 2. The Morgan fingerprint density at radius 1 is 0.600 bits per heavy atom. The number of carbonyl (C=O) groups excluding carboxylic acids is 6. The number of nitrogens with one attached hydrogen (secondary N) is 4. The lowest BCUT2D eigenvalue weighted by molar-refractivity contribution is -0.138. The highest BCUT2D eigenvalue weighted by molar-refractivity contribution is 5.95. The van der Waals surface area contributed by atoms with E-state index in [0.29, 0.717) is 11.1 Å². The van der Waals surface area contributed by atoms with Gasteiger partial charge in [0, 0.05) is 25.7 Å². The molecule has 0 spiro atoms. The molecule has 0 bridgehead atoms. The third-order valence-electron chi connectivity index (χ3n) is 6.60. The normalized spacial score (nSPS) is 13.3. The molecule has 15 nitrogen and oxygen atoms in total. The average molecular weight is 626 g/mol. The van der Waals surface area contributed by atoms with E-state index in [0.717, 1.165) is 0 Å². The Bertz CT molecular complexity index is 1340. The van der Waals surface area contributed by atoms with Gasteiger partial charge in [0.1, 0.15) is 24.7 Å². The van der Waals surface area contributed by atoms with Crippen molar-refractivity contribution in [3.63, 3.8) is 0 Å². The lowest BCUT2D eigenvalue weighted by Crippen LogP contribution is -2.58. The molecule has 0 radical (unpaired) electrons. The third-order valence-corrected chi connectivity index (χ3v) is 6.60. The van der Waals surface area contributed by atoms with Crippen LogP contribution in [0.5, 0.6) is 0 Å². The van der Waals surface area contributed by atoms with Crippen LogP contribution in [-0.4, -0.2) is 77.2 Å². The molecule has 0 aliphatic carbocycles. The summed E-state index contributed by atoms with van der Waals surface area (Å²) in [5, 5.41) is 18.9. The molecular weight excluding hydrogens is 586 g/mol. The van der Waals surface area contributed by atoms with Gasteiger partial charge in [-0.3, -0.25) is 33.6 Å². The summed E-state index contributed by atoms with van der Waals surface area (Å²) < 4.78 is 0. The molecule has 2 aromatic rings. The lowest BCUT2D eigenvalue weighted by atomic mass is 10.0. The van der Waals surface area contributed by atoms with Crippen LogP contribution in [0, 0.1) is 0 Å². The summed E-state index contributed by atoms with van der Waals surface area (Å²) in [7, 11) is 0. The van der Waals surface area contributed by atoms with E-state index in [2.05, 4.69) is 21.3 Å². The van der Waals surface area contributed by atoms with Gasteiger partial charge in [-0.15, -0.1) is 0 Å². The summed E-state index contributed by atoms with van der Waals surface area (Å²) in [6, 6.07) is 12.4. The van der Waals surface area contributed by atoms with Gasteiger partial charge in [-0.05, 0) is 24.0 Å². The van der Waals surface area contributed by atoms with Gasteiger partial charge >= 0.3 is 5.97 Å². The molecule has 2 rings (SSSR count). The van der Waals surface area contributed by atoms with Crippen molar-refractivity contribution in [1.29, 1.82) is 0 Å². The molecule has 6 amide bonds. The highest BCUT2D eigenvalue weighted by Gasteiger charge is 2.31. The Morgan fingerprint density at radius 3 is 1.49 bits per heavy atom. The number of carbonyl (C=O) groups is 7. The molecule has 4 atom stereocenters. The largest absolute Gasteiger partial charge is 0.480 e. The SMILES string of the molecule is NC(=O)CC[C@H](NC(=O)[C@@H](N)CCC(N)=O)C(=O)N[C@@H](Cc1ccccc1)C(=O)N[C@@H](Cc1ccccc1)C(=O)NCC(=O)O. The molecule has 242 valence electrons. The number of amides is 6. The number of carboxylic acid groups (broad SMARTS) is 1. The molecule has 0 saturated carbocycles. The number of nitrogens with two attached hydrogens (primary N) is 3. The van der Waals surface area contributed by atoms with Gasteiger partial charge in [-0.1, -0.05) is 60.7 Å². The van der Waals surface area contributed by atoms with Crippen molar-refractivity contribution >= 4 is 41.4 Å². The Kier molecular flexibility index (Phi) is 14.7. The van der Waals surface area contributed by atoms with Gasteiger partial charge in [-0.2, -0.15) is 0 Å². The molecular formula is C30H39N7O8. The molecule has 0 aliphatic heterocycles. The maximum Gasteiger partial charge on any atom is 0.322 e. The summed E-state index contributed by atoms with van der Waals surface area (Å²) >= 11 is 0. The van der Waals surface area contributed by atoms with Crippen LogP contribution in [0.3, 0.4) is 0 Å². The summed E-state index contributed by atoms with van der Waals surface area (Å²) in [4.78, 5) is 86.3. The molecule has 11 N–H and O–H groups in total. The van der Waals surface area contributed by atoms with Crippen molar-refractivity contribution in [3.8, 4) is 0 Å². The van der Waals surface area contributed by atoms with Crippen LogP contribution >= 0.6 is 0 Å². The van der Waals surface area contributed by atoms with E-state index in [4.69, 9.17) is 22.3 Å². The fourth-order valence-corrected chi connectivity index (χ4v) is 4.21. The zero-order valence-electron chi connectivity index (χ0n) is 24.6. The number of benzene rings is 2. The third kappa shape index (κ3) is 13.7. The van der Waals surface area contributed by atoms with Crippen molar-refractivity contribution < 1.29 is 38.7 Å². The molecule has 2 aromatic carbocycles. The fourth-order valence-electron chi connectivity index (χ4n) is 4.21. The molecule has 0 aliphatic rings. The topological polar surface area (TPSA) is 266 Å². The molecule has 45 heavy (non-hydrogen) atoms. The minimum atomic E-state index is -1.34. The fraction of sp³-hybridized carbons (Fsp3) is 0.367. The zero-order valence-corrected chi connectivity index (χ0v) is 24.6. The molecule has 15 heteroatoms. The summed E-state index contributed by atoms with van der Waals surface area (Å²) in [6.45, 7) is -0.674. The second-order valence-corrected chi connectivity index (χ2v) is 10.3. The Labute approximate surface area is 259 Å². The van der Waals surface area contributed by atoms with E-state index in [1.165, 1.54) is 0 Å². The van der Waals surface area contributed by atoms with Crippen molar-refractivity contribution in [1.82, 2.24) is 21.3 Å². The van der Waals surface area contributed by atoms with Crippen LogP contribution in [0.2, 0.25) is 0 Å². The van der Waals surface area contributed by atoms with Crippen LogP contribution < -0.4 is 38.5 Å². The Balaban J connectivity index is 2.31. The predicted molar refractivity (Wildman–Crippen MR) is 162 cm³/mol. The van der Waals surface area contributed by atoms with Gasteiger partial charge in [0.05, 0.1) is 6.04 Å². The first kappa shape index (κ1) is 35.9. The van der Waals surface area contributed by atoms with Crippen LogP contribution in [0.25, 0.3) is 0 Å². The van der Waals surface area contributed by atoms with Gasteiger partial charge in [0.2, 0.25) is 35.4 Å². The maximum atomic E-state index is 13.6. The van der Waals surface area contributed by atoms with Gasteiger partial charge in [-0.25, -0.2) is 0 Å². The van der Waals surface area contributed by atoms with E-state index >= 15 is 0 Å². The number of aliphatic carboxylic acids is 1. The number of hydrogen-bond donors (Lipinski definition) is 8. The smallest absolute Gasteiger partial charge is 0.322 e. The van der Waals surface area contributed by atoms with Gasteiger partial charge in [0.25, 0.3) is 0 Å². The van der Waals surface area contributed by atoms with Crippen LogP contribution in [0.4, 0.5) is 0 Å². The van der Waals surface area contributed by atoms with E-state index in [1.807, 2.05) is 0 Å². The van der Waals surface area contributed by atoms with Crippen molar-refractivity contribution in [2.45, 2.75) is 62.7 Å². The summed E-state index contributed by atoms with van der Waals surface area (Å²) in [5.41, 5.74) is 17.5. The number of carboxylic acids is 1. The minimum absolute atomic E-state index is 0.0184. The van der Waals surface area contributed by atoms with Gasteiger partial charge in [0.15, 0.2) is 0 Å². The van der Waals surface area contributed by atoms with E-state index in [9.17, 15) is 33.6 Å². The number of rotatable bonds is 19. The lowest BCUT2D eigenvalue weighted by Gasteiger charge is -2.26. The second-order valence-electron chi connectivity index (χ2n) is 10.3. The van der Waals surface area contributed by atoms with E-state index in [-0.39, 0.29) is 38.5 Å². The van der Waals surface area contributed by atoms with Crippen molar-refractivity contribution in [2.75, 3.05) is 6.54 Å². The first-order chi connectivity index (χ1) is 21.3. The first-order valence-electron chi connectivity index (χ1n) is 14.2. The van der Waals surface area contributed by atoms with Crippen molar-refractivity contribution in [2.24, 2.45) is 17.2 Å². The first-order valence-corrected chi connectivity index (χ1v) is 14.2. The Morgan fingerprint density at radius 2 is 1.02 bits per heavy atom. The zero-order chi connectivity index (χ0) is 33.4. The molecule has 0 heterocycles. The number of hydrogen-bond acceptors (Lipinski definition) is 8. The minimum Gasteiger partial charge on any atom is -0.480 e. The highest BCUT2D eigenvalue weighted by atomic mass is 16.4. The van der Waals surface area contributed by atoms with E-state index in [1.54, 1.807) is 60.7 Å². The van der Waals surface area contributed by atoms with Gasteiger partial charge < -0.3 is 43.6 Å². The standard InChI is InChI=1S/C30H39N7O8/c31-20(11-13-24(32)38)27(42)35-21(12-14-25(33)39)29(44)37-23(16-19-9-5-2-6-10-19)30(45)36-22(28(43)34-17-26(40)41)15-18-7-3-1-4-8-18/h1-10,20-23H,11-17,31H2,(H2,32,38)(H2,33,39)(H,34,43)(H,35,42)(H,36,45)(H,37,44)(H,40,41)/t20-,21-,22-,23-/m0/s1. The van der Waals surface area contributed by atoms with E-state index < -0.39 is 72.1 Å². The van der Waals surface area contributed by atoms with Crippen LogP contribution in [0.1, 0.15) is 36.8 Å². The van der Waals surface area contributed by atoms with Crippen LogP contribution in [-0.2, 0) is 46.4 Å². The maximum absolute atomic E-state index is 13.6. The predicted octanol–water partition coefficient (Wildman–Crippen LogP) is -2.01. The van der Waals surface area contributed by atoms with Crippen molar-refractivity contribution in [3.05, 3.63) is 71.8 Å². The Hall–Kier alpha value is -5.31. The second kappa shape index (κ2) is 18.4. The molecule has 0 saturated heterocycles. The summed E-state index contributed by atoms with van der Waals surface area (Å²) in [6.07, 6.45) is -0.767. The molecule has 0 fully saturated rings. The monoisotopic (exact) mass is 625 g/mol.